The van der Waals surface area contributed by atoms with Gasteiger partial charge in [-0.05, 0) is 49.3 Å². The number of piperidine rings is 1. The first-order valence-electron chi connectivity index (χ1n) is 8.48. The van der Waals surface area contributed by atoms with Gasteiger partial charge in [0.15, 0.2) is 0 Å². The van der Waals surface area contributed by atoms with E-state index in [2.05, 4.69) is 22.6 Å². The summed E-state index contributed by atoms with van der Waals surface area (Å²) in [5, 5.41) is 4.05. The summed E-state index contributed by atoms with van der Waals surface area (Å²) < 4.78 is 9.91. The van der Waals surface area contributed by atoms with Crippen molar-refractivity contribution in [1.29, 1.82) is 0 Å². The highest BCUT2D eigenvalue weighted by molar-refractivity contribution is 7.08. The van der Waals surface area contributed by atoms with E-state index in [4.69, 9.17) is 4.74 Å². The van der Waals surface area contributed by atoms with E-state index in [1.54, 1.807) is 0 Å². The lowest BCUT2D eigenvalue weighted by Gasteiger charge is -2.32. The summed E-state index contributed by atoms with van der Waals surface area (Å²) in [7, 11) is 0. The Hall–Kier alpha value is -1.95. The molecule has 1 saturated heterocycles. The van der Waals surface area contributed by atoms with Crippen LogP contribution in [0.4, 0.5) is 0 Å². The third-order valence-corrected chi connectivity index (χ3v) is 5.22. The number of nitrogens with zero attached hydrogens (tertiary/aromatic N) is 3. The molecule has 1 atom stereocenters. The molecule has 2 heterocycles. The number of aromatic nitrogens is 2. The topological polar surface area (TPSA) is 55.3 Å². The summed E-state index contributed by atoms with van der Waals surface area (Å²) in [6, 6.07) is 8.05. The molecule has 0 spiro atoms. The van der Waals surface area contributed by atoms with Crippen molar-refractivity contribution >= 4 is 17.4 Å². The third-order valence-electron chi connectivity index (χ3n) is 4.46. The summed E-state index contributed by atoms with van der Waals surface area (Å²) in [5.41, 5.74) is 1.95. The fraction of sp³-hybridized carbons (Fsp3) is 0.500. The van der Waals surface area contributed by atoms with Crippen molar-refractivity contribution in [3.8, 4) is 5.75 Å². The molecule has 1 aromatic carbocycles. The molecule has 2 aromatic rings. The summed E-state index contributed by atoms with van der Waals surface area (Å²) in [6.45, 7) is 6.25. The number of rotatable bonds is 5. The first-order chi connectivity index (χ1) is 11.7. The van der Waals surface area contributed by atoms with Gasteiger partial charge in [0, 0.05) is 19.0 Å². The average Bonchev–Trinajstić information content (AvgIpc) is 3.09. The zero-order valence-corrected chi connectivity index (χ0v) is 15.0. The van der Waals surface area contributed by atoms with Gasteiger partial charge in [-0.15, -0.1) is 5.10 Å². The van der Waals surface area contributed by atoms with Gasteiger partial charge in [0.25, 0.3) is 5.91 Å². The molecule has 1 aromatic heterocycles. The zero-order chi connectivity index (χ0) is 16.9. The van der Waals surface area contributed by atoms with Crippen molar-refractivity contribution in [3.63, 3.8) is 0 Å². The van der Waals surface area contributed by atoms with Crippen LogP contribution in [-0.2, 0) is 6.42 Å². The zero-order valence-electron chi connectivity index (χ0n) is 14.2. The van der Waals surface area contributed by atoms with Crippen LogP contribution in [0.25, 0.3) is 0 Å². The quantitative estimate of drug-likeness (QED) is 0.834. The van der Waals surface area contributed by atoms with Gasteiger partial charge in [-0.2, -0.15) is 0 Å². The molecule has 6 heteroatoms. The molecule has 0 N–H and O–H groups in total. The molecule has 0 saturated carbocycles. The molecule has 0 radical (unpaired) electrons. The lowest BCUT2D eigenvalue weighted by atomic mass is 9.98. The van der Waals surface area contributed by atoms with Crippen LogP contribution in [0.2, 0.25) is 0 Å². The number of hydrogen-bond donors (Lipinski definition) is 0. The van der Waals surface area contributed by atoms with E-state index in [1.807, 2.05) is 30.0 Å². The average molecular weight is 345 g/mol. The number of carbonyl (C=O) groups is 1. The number of para-hydroxylation sites is 1. The molecule has 1 aliphatic heterocycles. The molecule has 1 unspecified atom stereocenters. The van der Waals surface area contributed by atoms with Gasteiger partial charge in [0.2, 0.25) is 0 Å². The Morgan fingerprint density at radius 1 is 1.42 bits per heavy atom. The number of hydrogen-bond acceptors (Lipinski definition) is 5. The van der Waals surface area contributed by atoms with Gasteiger partial charge in [-0.3, -0.25) is 4.79 Å². The van der Waals surface area contributed by atoms with Crippen LogP contribution >= 0.6 is 11.5 Å². The standard InChI is InChI=1S/C18H23N3O2S/c1-3-15-17(24-20-19-15)18(22)21-10-6-8-14(11-21)12-23-16-9-5-4-7-13(16)2/h4-5,7,9,14H,3,6,8,10-12H2,1-2H3. The molecule has 3 rings (SSSR count). The number of carbonyl (C=O) groups excluding carboxylic acids is 1. The number of aryl methyl sites for hydroxylation is 2. The smallest absolute Gasteiger partial charge is 0.267 e. The van der Waals surface area contributed by atoms with Crippen molar-refractivity contribution in [3.05, 3.63) is 40.4 Å². The Balaban J connectivity index is 1.60. The first-order valence-corrected chi connectivity index (χ1v) is 9.25. The van der Waals surface area contributed by atoms with Gasteiger partial charge in [-0.25, -0.2) is 0 Å². The monoisotopic (exact) mass is 345 g/mol. The van der Waals surface area contributed by atoms with Crippen LogP contribution in [0.15, 0.2) is 24.3 Å². The van der Waals surface area contributed by atoms with Gasteiger partial charge in [0.1, 0.15) is 10.6 Å². The lowest BCUT2D eigenvalue weighted by Crippen LogP contribution is -2.41. The van der Waals surface area contributed by atoms with E-state index in [0.29, 0.717) is 17.4 Å². The second-order valence-electron chi connectivity index (χ2n) is 6.24. The molecule has 5 nitrogen and oxygen atoms in total. The van der Waals surface area contributed by atoms with E-state index >= 15 is 0 Å². The van der Waals surface area contributed by atoms with E-state index < -0.39 is 0 Å². The van der Waals surface area contributed by atoms with E-state index in [-0.39, 0.29) is 5.91 Å². The van der Waals surface area contributed by atoms with Gasteiger partial charge in [-0.1, -0.05) is 29.6 Å². The van der Waals surface area contributed by atoms with Crippen LogP contribution in [0.3, 0.4) is 0 Å². The highest BCUT2D eigenvalue weighted by Gasteiger charge is 2.27. The summed E-state index contributed by atoms with van der Waals surface area (Å²) in [4.78, 5) is 15.4. The lowest BCUT2D eigenvalue weighted by molar-refractivity contribution is 0.0636. The fourth-order valence-electron chi connectivity index (χ4n) is 3.06. The Kier molecular flexibility index (Phi) is 5.45. The number of ether oxygens (including phenoxy) is 1. The fourth-order valence-corrected chi connectivity index (χ4v) is 3.78. The second kappa shape index (κ2) is 7.75. The summed E-state index contributed by atoms with van der Waals surface area (Å²) in [5.74, 6) is 1.37. The first kappa shape index (κ1) is 16.9. The minimum Gasteiger partial charge on any atom is -0.493 e. The van der Waals surface area contributed by atoms with Crippen LogP contribution in [0.1, 0.15) is 40.7 Å². The molecule has 1 aliphatic rings. The van der Waals surface area contributed by atoms with Crippen molar-refractivity contribution in [2.24, 2.45) is 5.92 Å². The van der Waals surface area contributed by atoms with Crippen molar-refractivity contribution in [2.45, 2.75) is 33.1 Å². The van der Waals surface area contributed by atoms with Gasteiger partial charge < -0.3 is 9.64 Å². The molecular formula is C18H23N3O2S. The van der Waals surface area contributed by atoms with Crippen LogP contribution in [0.5, 0.6) is 5.75 Å². The Morgan fingerprint density at radius 3 is 3.04 bits per heavy atom. The molecule has 1 fully saturated rings. The number of amides is 1. The number of benzene rings is 1. The van der Waals surface area contributed by atoms with E-state index in [9.17, 15) is 4.79 Å². The molecule has 1 amide bonds. The van der Waals surface area contributed by atoms with Gasteiger partial charge in [0.05, 0.1) is 12.3 Å². The predicted molar refractivity (Wildman–Crippen MR) is 94.6 cm³/mol. The summed E-state index contributed by atoms with van der Waals surface area (Å²) >= 11 is 1.21. The molecule has 0 bridgehead atoms. The van der Waals surface area contributed by atoms with Crippen LogP contribution in [0, 0.1) is 12.8 Å². The predicted octanol–water partition coefficient (Wildman–Crippen LogP) is 3.34. The minimum atomic E-state index is 0.0717. The van der Waals surface area contributed by atoms with Gasteiger partial charge >= 0.3 is 0 Å². The number of likely N-dealkylation sites (tertiary alicyclic amines) is 1. The van der Waals surface area contributed by atoms with Crippen molar-refractivity contribution in [2.75, 3.05) is 19.7 Å². The van der Waals surface area contributed by atoms with Crippen LogP contribution < -0.4 is 4.74 Å². The van der Waals surface area contributed by atoms with E-state index in [1.165, 1.54) is 11.5 Å². The van der Waals surface area contributed by atoms with Crippen molar-refractivity contribution in [1.82, 2.24) is 14.5 Å². The third kappa shape index (κ3) is 3.75. The van der Waals surface area contributed by atoms with E-state index in [0.717, 1.165) is 49.4 Å². The van der Waals surface area contributed by atoms with Crippen molar-refractivity contribution < 1.29 is 9.53 Å². The Morgan fingerprint density at radius 2 is 2.25 bits per heavy atom. The maximum absolute atomic E-state index is 12.7. The molecule has 128 valence electrons. The SMILES string of the molecule is CCc1nnsc1C(=O)N1CCCC(COc2ccccc2C)C1. The summed E-state index contributed by atoms with van der Waals surface area (Å²) in [6.07, 6.45) is 2.85. The second-order valence-corrected chi connectivity index (χ2v) is 6.99. The maximum Gasteiger partial charge on any atom is 0.267 e. The largest absolute Gasteiger partial charge is 0.493 e. The Bertz CT molecular complexity index is 701. The molecular weight excluding hydrogens is 322 g/mol. The molecule has 24 heavy (non-hydrogen) atoms. The maximum atomic E-state index is 12.7. The highest BCUT2D eigenvalue weighted by atomic mass is 32.1. The highest BCUT2D eigenvalue weighted by Crippen LogP contribution is 2.23. The normalized spacial score (nSPS) is 17.8. The van der Waals surface area contributed by atoms with Crippen LogP contribution in [-0.4, -0.2) is 40.1 Å². The minimum absolute atomic E-state index is 0.0717. The Labute approximate surface area is 146 Å². The molecule has 0 aliphatic carbocycles.